The van der Waals surface area contributed by atoms with E-state index in [1.807, 2.05) is 13.0 Å². The van der Waals surface area contributed by atoms with E-state index in [4.69, 9.17) is 5.11 Å². The van der Waals surface area contributed by atoms with Crippen LogP contribution in [-0.4, -0.2) is 17.5 Å². The molecule has 1 rings (SSSR count). The normalized spacial score (nSPS) is 9.00. The van der Waals surface area contributed by atoms with Gasteiger partial charge in [-0.15, -0.1) is 0 Å². The number of carbonyl (C=O) groups is 1. The van der Waals surface area contributed by atoms with Crippen molar-refractivity contribution in [2.45, 2.75) is 13.3 Å². The molecule has 2 heteroatoms. The van der Waals surface area contributed by atoms with Crippen LogP contribution in [0.15, 0.2) is 24.3 Å². The molecule has 1 aromatic rings. The van der Waals surface area contributed by atoms with Crippen molar-refractivity contribution in [2.75, 3.05) is 6.61 Å². The third-order valence-corrected chi connectivity index (χ3v) is 1.82. The van der Waals surface area contributed by atoms with E-state index in [1.165, 1.54) is 0 Å². The largest absolute Gasteiger partial charge is 0.384 e. The minimum atomic E-state index is -0.161. The fourth-order valence-corrected chi connectivity index (χ4v) is 1.12. The molecule has 1 N–H and O–H groups in total. The van der Waals surface area contributed by atoms with E-state index in [0.29, 0.717) is 12.0 Å². The monoisotopic (exact) mass is 188 g/mol. The fourth-order valence-electron chi connectivity index (χ4n) is 1.12. The summed E-state index contributed by atoms with van der Waals surface area (Å²) in [5.41, 5.74) is 1.44. The lowest BCUT2D eigenvalue weighted by Crippen LogP contribution is -1.96. The first-order valence-corrected chi connectivity index (χ1v) is 4.51. The molecule has 0 aliphatic carbocycles. The quantitative estimate of drug-likeness (QED) is 0.565. The molecule has 0 bridgehead atoms. The van der Waals surface area contributed by atoms with Gasteiger partial charge in [0.15, 0.2) is 5.78 Å². The summed E-state index contributed by atoms with van der Waals surface area (Å²) in [4.78, 5) is 11.3. The molecule has 0 radical (unpaired) electrons. The second-order valence-corrected chi connectivity index (χ2v) is 2.82. The van der Waals surface area contributed by atoms with E-state index in [1.54, 1.807) is 18.2 Å². The van der Waals surface area contributed by atoms with Crippen LogP contribution >= 0.6 is 0 Å². The van der Waals surface area contributed by atoms with Crippen LogP contribution in [0, 0.1) is 11.8 Å². The minimum Gasteiger partial charge on any atom is -0.384 e. The smallest absolute Gasteiger partial charge is 0.162 e. The Labute approximate surface area is 83.6 Å². The molecule has 0 saturated carbocycles. The van der Waals surface area contributed by atoms with Gasteiger partial charge in [-0.3, -0.25) is 4.79 Å². The van der Waals surface area contributed by atoms with Gasteiger partial charge in [0.05, 0.1) is 0 Å². The molecule has 1 aromatic carbocycles. The summed E-state index contributed by atoms with van der Waals surface area (Å²) in [7, 11) is 0. The van der Waals surface area contributed by atoms with E-state index in [0.717, 1.165) is 5.56 Å². The second kappa shape index (κ2) is 5.21. The first-order valence-electron chi connectivity index (χ1n) is 4.51. The van der Waals surface area contributed by atoms with Crippen LogP contribution in [0.4, 0.5) is 0 Å². The lowest BCUT2D eigenvalue weighted by Gasteiger charge is -1.97. The second-order valence-electron chi connectivity index (χ2n) is 2.82. The van der Waals surface area contributed by atoms with Gasteiger partial charge in [0.2, 0.25) is 0 Å². The Morgan fingerprint density at radius 3 is 2.93 bits per heavy atom. The lowest BCUT2D eigenvalue weighted by molar-refractivity contribution is 0.0988. The number of hydrogen-bond acceptors (Lipinski definition) is 2. The Bertz CT molecular complexity index is 383. The van der Waals surface area contributed by atoms with Gasteiger partial charge in [-0.05, 0) is 12.1 Å². The highest BCUT2D eigenvalue weighted by molar-refractivity contribution is 5.96. The maximum Gasteiger partial charge on any atom is 0.162 e. The molecule has 0 saturated heterocycles. The molecular weight excluding hydrogens is 176 g/mol. The van der Waals surface area contributed by atoms with Crippen LogP contribution < -0.4 is 0 Å². The lowest BCUT2D eigenvalue weighted by atomic mass is 10.1. The summed E-state index contributed by atoms with van der Waals surface area (Å²) in [6.45, 7) is 1.67. The summed E-state index contributed by atoms with van der Waals surface area (Å²) in [5.74, 6) is 5.41. The highest BCUT2D eigenvalue weighted by Crippen LogP contribution is 2.06. The van der Waals surface area contributed by atoms with Gasteiger partial charge in [0, 0.05) is 17.5 Å². The SMILES string of the molecule is CCC(=O)c1cccc(C#CCO)c1. The molecule has 14 heavy (non-hydrogen) atoms. The molecule has 0 spiro atoms. The molecule has 0 heterocycles. The number of hydrogen-bond donors (Lipinski definition) is 1. The zero-order valence-corrected chi connectivity index (χ0v) is 8.08. The van der Waals surface area contributed by atoms with Crippen molar-refractivity contribution in [2.24, 2.45) is 0 Å². The third kappa shape index (κ3) is 2.72. The van der Waals surface area contributed by atoms with Crippen LogP contribution in [-0.2, 0) is 0 Å². The van der Waals surface area contributed by atoms with Crippen molar-refractivity contribution in [3.8, 4) is 11.8 Å². The van der Waals surface area contributed by atoms with Crippen molar-refractivity contribution >= 4 is 5.78 Å². The Balaban J connectivity index is 2.95. The first kappa shape index (κ1) is 10.5. The Hall–Kier alpha value is -1.59. The fraction of sp³-hybridized carbons (Fsp3) is 0.250. The number of aliphatic hydroxyl groups excluding tert-OH is 1. The zero-order chi connectivity index (χ0) is 10.4. The molecule has 0 unspecified atom stereocenters. The number of carbonyl (C=O) groups excluding carboxylic acids is 1. The maximum absolute atomic E-state index is 11.3. The van der Waals surface area contributed by atoms with Gasteiger partial charge in [-0.1, -0.05) is 30.9 Å². The Morgan fingerprint density at radius 1 is 1.50 bits per heavy atom. The number of Topliss-reactive ketones (excluding diaryl/α,β-unsaturated/α-hetero) is 1. The molecular formula is C12H12O2. The van der Waals surface area contributed by atoms with E-state index in [-0.39, 0.29) is 12.4 Å². The average Bonchev–Trinajstić information content (AvgIpc) is 2.25. The minimum absolute atomic E-state index is 0.109. The van der Waals surface area contributed by atoms with Crippen molar-refractivity contribution in [3.05, 3.63) is 35.4 Å². The highest BCUT2D eigenvalue weighted by Gasteiger charge is 2.01. The topological polar surface area (TPSA) is 37.3 Å². The van der Waals surface area contributed by atoms with Crippen molar-refractivity contribution in [3.63, 3.8) is 0 Å². The number of ketones is 1. The Kier molecular flexibility index (Phi) is 3.90. The van der Waals surface area contributed by atoms with E-state index in [2.05, 4.69) is 11.8 Å². The van der Waals surface area contributed by atoms with Crippen LogP contribution in [0.2, 0.25) is 0 Å². The standard InChI is InChI=1S/C12H12O2/c1-2-12(14)11-7-3-5-10(9-11)6-4-8-13/h3,5,7,9,13H,2,8H2,1H3. The molecule has 0 atom stereocenters. The summed E-state index contributed by atoms with van der Waals surface area (Å²) >= 11 is 0. The number of rotatable bonds is 2. The first-order chi connectivity index (χ1) is 6.77. The Morgan fingerprint density at radius 2 is 2.29 bits per heavy atom. The van der Waals surface area contributed by atoms with Gasteiger partial charge in [0.25, 0.3) is 0 Å². The molecule has 2 nitrogen and oxygen atoms in total. The van der Waals surface area contributed by atoms with E-state index >= 15 is 0 Å². The average molecular weight is 188 g/mol. The van der Waals surface area contributed by atoms with Crippen molar-refractivity contribution in [1.82, 2.24) is 0 Å². The predicted molar refractivity (Wildman–Crippen MR) is 55.0 cm³/mol. The summed E-state index contributed by atoms with van der Waals surface area (Å²) in [6.07, 6.45) is 0.497. The van der Waals surface area contributed by atoms with Crippen molar-refractivity contribution < 1.29 is 9.90 Å². The maximum atomic E-state index is 11.3. The zero-order valence-electron chi connectivity index (χ0n) is 8.08. The van der Waals surface area contributed by atoms with Gasteiger partial charge < -0.3 is 5.11 Å². The molecule has 0 aliphatic rings. The summed E-state index contributed by atoms with van der Waals surface area (Å²) in [6, 6.07) is 7.13. The number of aliphatic hydroxyl groups is 1. The molecule has 0 aliphatic heterocycles. The van der Waals surface area contributed by atoms with Crippen LogP contribution in [0.5, 0.6) is 0 Å². The van der Waals surface area contributed by atoms with Crippen LogP contribution in [0.25, 0.3) is 0 Å². The third-order valence-electron chi connectivity index (χ3n) is 1.82. The summed E-state index contributed by atoms with van der Waals surface area (Å²) in [5, 5.41) is 8.51. The molecule has 0 aromatic heterocycles. The van der Waals surface area contributed by atoms with Crippen molar-refractivity contribution in [1.29, 1.82) is 0 Å². The van der Waals surface area contributed by atoms with Crippen LogP contribution in [0.1, 0.15) is 29.3 Å². The molecule has 0 fully saturated rings. The van der Waals surface area contributed by atoms with Crippen LogP contribution in [0.3, 0.4) is 0 Å². The van der Waals surface area contributed by atoms with E-state index < -0.39 is 0 Å². The number of benzene rings is 1. The van der Waals surface area contributed by atoms with Gasteiger partial charge in [0.1, 0.15) is 6.61 Å². The summed E-state index contributed by atoms with van der Waals surface area (Å²) < 4.78 is 0. The molecule has 0 amide bonds. The van der Waals surface area contributed by atoms with E-state index in [9.17, 15) is 4.79 Å². The molecule has 72 valence electrons. The van der Waals surface area contributed by atoms with Gasteiger partial charge in [-0.2, -0.15) is 0 Å². The van der Waals surface area contributed by atoms with Gasteiger partial charge in [-0.25, -0.2) is 0 Å². The highest BCUT2D eigenvalue weighted by atomic mass is 16.2. The van der Waals surface area contributed by atoms with Gasteiger partial charge >= 0.3 is 0 Å². The predicted octanol–water partition coefficient (Wildman–Crippen LogP) is 1.62.